The summed E-state index contributed by atoms with van der Waals surface area (Å²) in [6.45, 7) is 2.01. The molecule has 2 aliphatic rings. The van der Waals surface area contributed by atoms with E-state index in [1.807, 2.05) is 0 Å². The Balaban J connectivity index is 1.14. The molecule has 0 bridgehead atoms. The maximum absolute atomic E-state index is 2.55. The van der Waals surface area contributed by atoms with E-state index in [0.29, 0.717) is 0 Å². The summed E-state index contributed by atoms with van der Waals surface area (Å²) in [5, 5.41) is 10.2. The van der Waals surface area contributed by atoms with Crippen LogP contribution in [0.25, 0.3) is 76.5 Å². The Labute approximate surface area is 351 Å². The van der Waals surface area contributed by atoms with Gasteiger partial charge < -0.3 is 9.80 Å². The van der Waals surface area contributed by atoms with Gasteiger partial charge in [-0.1, -0.05) is 152 Å². The van der Waals surface area contributed by atoms with Crippen molar-refractivity contribution < 1.29 is 0 Å². The van der Waals surface area contributed by atoms with E-state index in [9.17, 15) is 0 Å². The summed E-state index contributed by atoms with van der Waals surface area (Å²) in [7, 11) is 0. The molecule has 10 aromatic carbocycles. The molecular weight excluding hydrogens is 725 g/mol. The predicted molar refractivity (Wildman–Crippen MR) is 256 cm³/mol. The smallest absolute Gasteiger partial charge is 0.0443 e. The normalized spacial score (nSPS) is 13.9. The van der Waals surface area contributed by atoms with E-state index in [1.54, 1.807) is 0 Å². The topological polar surface area (TPSA) is 6.48 Å². The highest BCUT2D eigenvalue weighted by molar-refractivity contribution is 6.24. The fourth-order valence-corrected chi connectivity index (χ4v) is 10.4. The molecule has 0 saturated heterocycles. The number of anilines is 4. The first kappa shape index (κ1) is 34.8. The number of hydrogen-bond acceptors (Lipinski definition) is 2. The Morgan fingerprint density at radius 1 is 0.317 bits per heavy atom. The van der Waals surface area contributed by atoms with Crippen LogP contribution in [0.3, 0.4) is 0 Å². The molecule has 0 aliphatic carbocycles. The Hall–Kier alpha value is -7.16. The minimum atomic E-state index is 1.00. The van der Waals surface area contributed by atoms with E-state index in [0.717, 1.165) is 38.8 Å². The number of rotatable bonds is 5. The molecule has 2 nitrogen and oxygen atoms in total. The summed E-state index contributed by atoms with van der Waals surface area (Å²) in [5.74, 6) is 0. The van der Waals surface area contributed by atoms with Crippen molar-refractivity contribution in [2.24, 2.45) is 0 Å². The van der Waals surface area contributed by atoms with Crippen LogP contribution in [0.15, 0.2) is 194 Å². The van der Waals surface area contributed by atoms with Crippen molar-refractivity contribution in [2.75, 3.05) is 22.9 Å². The van der Waals surface area contributed by atoms with Gasteiger partial charge in [-0.25, -0.2) is 0 Å². The Morgan fingerprint density at radius 3 is 1.55 bits per heavy atom. The van der Waals surface area contributed by atoms with Crippen LogP contribution in [0.1, 0.15) is 24.0 Å². The molecule has 10 aromatic rings. The largest absolute Gasteiger partial charge is 0.341 e. The monoisotopic (exact) mass is 768 g/mol. The summed E-state index contributed by atoms with van der Waals surface area (Å²) in [4.78, 5) is 5.09. The van der Waals surface area contributed by atoms with Crippen molar-refractivity contribution in [3.63, 3.8) is 0 Å². The molecule has 0 spiro atoms. The molecule has 0 atom stereocenters. The summed E-state index contributed by atoms with van der Waals surface area (Å²) < 4.78 is 0. The Kier molecular flexibility index (Phi) is 8.30. The highest BCUT2D eigenvalue weighted by atomic mass is 15.1. The van der Waals surface area contributed by atoms with E-state index in [4.69, 9.17) is 0 Å². The van der Waals surface area contributed by atoms with Gasteiger partial charge >= 0.3 is 0 Å². The fraction of sp³-hybridized carbons (Fsp3) is 0.103. The summed E-state index contributed by atoms with van der Waals surface area (Å²) >= 11 is 0. The number of fused-ring (bicyclic) bond motifs is 6. The first-order chi connectivity index (χ1) is 29.7. The second-order valence-corrected chi connectivity index (χ2v) is 16.6. The number of hydrogen-bond donors (Lipinski definition) is 0. The van der Waals surface area contributed by atoms with Gasteiger partial charge in [-0.15, -0.1) is 0 Å². The van der Waals surface area contributed by atoms with E-state index in [1.165, 1.54) is 110 Å². The van der Waals surface area contributed by atoms with Crippen LogP contribution in [-0.4, -0.2) is 13.1 Å². The Bertz CT molecular complexity index is 3280. The maximum atomic E-state index is 2.55. The average molecular weight is 769 g/mol. The van der Waals surface area contributed by atoms with Crippen LogP contribution < -0.4 is 9.80 Å². The lowest BCUT2D eigenvalue weighted by molar-refractivity contribution is 0.767. The van der Waals surface area contributed by atoms with Crippen LogP contribution >= 0.6 is 0 Å². The standard InChI is InChI=1S/C58H44N2/c1-2-16-45-36-46(29-26-39(45)12-1)40-24-27-44(28-25-40)57-51-32-30-48(60-35-11-19-43-15-5-8-23-56(43)60)38-54(51)58(50-21-9-17-41-13-3-6-20-49(41)50)52-33-31-47(37-53(52)57)59-34-10-18-42-14-4-7-22-55(42)59/h1-9,12-17,20-33,36-38H,10-11,18-19,34-35H2. The molecule has 0 saturated carbocycles. The van der Waals surface area contributed by atoms with Crippen molar-refractivity contribution in [2.45, 2.75) is 25.7 Å². The highest BCUT2D eigenvalue weighted by Gasteiger charge is 2.24. The number of aryl methyl sites for hydroxylation is 2. The van der Waals surface area contributed by atoms with Gasteiger partial charge in [0.15, 0.2) is 0 Å². The van der Waals surface area contributed by atoms with E-state index in [2.05, 4.69) is 204 Å². The van der Waals surface area contributed by atoms with Crippen LogP contribution in [0.2, 0.25) is 0 Å². The van der Waals surface area contributed by atoms with Gasteiger partial charge in [-0.3, -0.25) is 0 Å². The lowest BCUT2D eigenvalue weighted by Gasteiger charge is -2.32. The number of para-hydroxylation sites is 2. The number of nitrogens with zero attached hydrogens (tertiary/aromatic N) is 2. The van der Waals surface area contributed by atoms with Crippen molar-refractivity contribution in [3.05, 3.63) is 205 Å². The predicted octanol–water partition coefficient (Wildman–Crippen LogP) is 15.5. The Morgan fingerprint density at radius 2 is 0.850 bits per heavy atom. The van der Waals surface area contributed by atoms with Gasteiger partial charge in [-0.2, -0.15) is 0 Å². The maximum Gasteiger partial charge on any atom is 0.0443 e. The third kappa shape index (κ3) is 5.78. The lowest BCUT2D eigenvalue weighted by Crippen LogP contribution is -2.24. The van der Waals surface area contributed by atoms with Crippen LogP contribution in [0.5, 0.6) is 0 Å². The minimum absolute atomic E-state index is 1.00. The van der Waals surface area contributed by atoms with E-state index in [-0.39, 0.29) is 0 Å². The van der Waals surface area contributed by atoms with Gasteiger partial charge in [0, 0.05) is 35.8 Å². The van der Waals surface area contributed by atoms with Gasteiger partial charge in [0.2, 0.25) is 0 Å². The molecule has 286 valence electrons. The summed E-state index contributed by atoms with van der Waals surface area (Å²) in [5.41, 5.74) is 15.5. The zero-order valence-electron chi connectivity index (χ0n) is 33.6. The molecule has 0 amide bonds. The summed E-state index contributed by atoms with van der Waals surface area (Å²) in [6, 6.07) is 73.0. The average Bonchev–Trinajstić information content (AvgIpc) is 3.32. The van der Waals surface area contributed by atoms with Crippen molar-refractivity contribution in [1.82, 2.24) is 0 Å². The quantitative estimate of drug-likeness (QED) is 0.161. The molecule has 12 rings (SSSR count). The van der Waals surface area contributed by atoms with Crippen LogP contribution in [0.4, 0.5) is 22.7 Å². The lowest BCUT2D eigenvalue weighted by atomic mass is 9.83. The molecule has 0 radical (unpaired) electrons. The second-order valence-electron chi connectivity index (χ2n) is 16.6. The first-order valence-electron chi connectivity index (χ1n) is 21.6. The van der Waals surface area contributed by atoms with Gasteiger partial charge in [0.25, 0.3) is 0 Å². The highest BCUT2D eigenvalue weighted by Crippen LogP contribution is 2.49. The molecule has 0 fully saturated rings. The molecule has 0 aromatic heterocycles. The molecule has 2 heterocycles. The number of benzene rings is 10. The third-order valence-electron chi connectivity index (χ3n) is 13.2. The fourth-order valence-electron chi connectivity index (χ4n) is 10.4. The molecule has 0 N–H and O–H groups in total. The van der Waals surface area contributed by atoms with E-state index < -0.39 is 0 Å². The SMILES string of the molecule is c1ccc2c(c1)CCCN2c1ccc2c(-c3cccc4ccccc34)c3cc(N4CCCc5ccccc54)ccc3c(-c3ccc(-c4ccc5ccccc5c4)cc3)c2c1. The third-order valence-corrected chi connectivity index (χ3v) is 13.2. The van der Waals surface area contributed by atoms with Gasteiger partial charge in [0.05, 0.1) is 0 Å². The minimum Gasteiger partial charge on any atom is -0.341 e. The van der Waals surface area contributed by atoms with Crippen molar-refractivity contribution in [1.29, 1.82) is 0 Å². The molecule has 60 heavy (non-hydrogen) atoms. The van der Waals surface area contributed by atoms with Gasteiger partial charge in [0.1, 0.15) is 0 Å². The molecule has 0 unspecified atom stereocenters. The zero-order valence-corrected chi connectivity index (χ0v) is 33.6. The molecule has 2 heteroatoms. The molecular formula is C58H44N2. The van der Waals surface area contributed by atoms with Crippen molar-refractivity contribution >= 4 is 65.8 Å². The molecule has 2 aliphatic heterocycles. The summed E-state index contributed by atoms with van der Waals surface area (Å²) in [6.07, 6.45) is 4.52. The van der Waals surface area contributed by atoms with Crippen molar-refractivity contribution in [3.8, 4) is 33.4 Å². The second kappa shape index (κ2) is 14.3. The van der Waals surface area contributed by atoms with Crippen LogP contribution in [0, 0.1) is 0 Å². The van der Waals surface area contributed by atoms with Gasteiger partial charge in [-0.05, 0) is 156 Å². The zero-order chi connectivity index (χ0) is 39.6. The van der Waals surface area contributed by atoms with Crippen LogP contribution in [-0.2, 0) is 12.8 Å². The van der Waals surface area contributed by atoms with E-state index >= 15 is 0 Å². The first-order valence-corrected chi connectivity index (χ1v) is 21.6.